The molecular weight excluding hydrogens is 402 g/mol. The van der Waals surface area contributed by atoms with Crippen LogP contribution in [0.15, 0.2) is 41.3 Å². The van der Waals surface area contributed by atoms with Crippen molar-refractivity contribution in [2.24, 2.45) is 23.7 Å². The molecule has 6 nitrogen and oxygen atoms in total. The number of hydrogen-bond donors (Lipinski definition) is 3. The number of aromatic nitrogens is 2. The van der Waals surface area contributed by atoms with E-state index in [0.29, 0.717) is 28.4 Å². The number of halogens is 1. The van der Waals surface area contributed by atoms with Gasteiger partial charge in [-0.05, 0) is 54.2 Å². The molecule has 7 heteroatoms. The lowest BCUT2D eigenvalue weighted by Gasteiger charge is -2.41. The highest BCUT2D eigenvalue weighted by molar-refractivity contribution is 6.30. The summed E-state index contributed by atoms with van der Waals surface area (Å²) in [6.45, 7) is 6.68. The fourth-order valence-electron chi connectivity index (χ4n) is 5.50. The van der Waals surface area contributed by atoms with Gasteiger partial charge in [-0.3, -0.25) is 14.5 Å². The van der Waals surface area contributed by atoms with Gasteiger partial charge in [0.05, 0.1) is 0 Å². The summed E-state index contributed by atoms with van der Waals surface area (Å²) >= 11 is 6.08. The molecule has 2 aromatic heterocycles. The molecule has 3 unspecified atom stereocenters. The summed E-state index contributed by atoms with van der Waals surface area (Å²) in [5.41, 5.74) is 8.70. The lowest BCUT2D eigenvalue weighted by Crippen LogP contribution is -2.34. The van der Waals surface area contributed by atoms with Gasteiger partial charge in [0.25, 0.3) is 5.56 Å². The van der Waals surface area contributed by atoms with E-state index in [-0.39, 0.29) is 17.3 Å². The first-order valence-corrected chi connectivity index (χ1v) is 10.8. The van der Waals surface area contributed by atoms with Crippen molar-refractivity contribution in [2.75, 3.05) is 5.73 Å². The van der Waals surface area contributed by atoms with Gasteiger partial charge in [-0.25, -0.2) is 4.89 Å². The Bertz CT molecular complexity index is 1090. The van der Waals surface area contributed by atoms with Crippen molar-refractivity contribution < 1.29 is 10.1 Å². The summed E-state index contributed by atoms with van der Waals surface area (Å²) in [7, 11) is 0. The van der Waals surface area contributed by atoms with Crippen LogP contribution in [0.2, 0.25) is 5.02 Å². The lowest BCUT2D eigenvalue weighted by molar-refractivity contribution is -0.302. The zero-order chi connectivity index (χ0) is 21.6. The molecular formula is C23H28ClN3O3. The molecule has 0 amide bonds. The van der Waals surface area contributed by atoms with E-state index >= 15 is 0 Å². The van der Waals surface area contributed by atoms with Crippen LogP contribution in [0.5, 0.6) is 0 Å². The molecule has 1 aliphatic carbocycles. The number of benzene rings is 1. The quantitative estimate of drug-likeness (QED) is 0.383. The standard InChI is InChI=1S/C23H28ClN3O3/c1-12-8-13(2)20(14(3)9-12)22(30-29)21-17(15-4-6-16(24)7-5-15)11-27-19(28)10-18(25)26-23(21)27/h4-7,10-14,20,22,26,29H,8-9,25H2,1-3H3. The highest BCUT2D eigenvalue weighted by Gasteiger charge is 2.40. The molecule has 0 bridgehead atoms. The van der Waals surface area contributed by atoms with Gasteiger partial charge >= 0.3 is 0 Å². The Hall–Kier alpha value is -2.28. The first-order chi connectivity index (χ1) is 14.3. The molecule has 4 rings (SSSR count). The number of nitrogens with two attached hydrogens (primary N) is 1. The second kappa shape index (κ2) is 8.10. The number of rotatable bonds is 4. The molecule has 4 N–H and O–H groups in total. The smallest absolute Gasteiger partial charge is 0.259 e. The highest BCUT2D eigenvalue weighted by atomic mass is 35.5. The Balaban J connectivity index is 1.96. The van der Waals surface area contributed by atoms with Crippen LogP contribution in [0.1, 0.15) is 45.3 Å². The molecule has 1 fully saturated rings. The van der Waals surface area contributed by atoms with Crippen LogP contribution in [0, 0.1) is 23.7 Å². The summed E-state index contributed by atoms with van der Waals surface area (Å²) in [6.07, 6.45) is 3.31. The summed E-state index contributed by atoms with van der Waals surface area (Å²) in [5, 5.41) is 10.7. The van der Waals surface area contributed by atoms with Crippen molar-refractivity contribution in [2.45, 2.75) is 39.7 Å². The second-order valence-electron chi connectivity index (χ2n) is 8.88. The number of fused-ring (bicyclic) bond motifs is 1. The molecule has 0 spiro atoms. The molecule has 1 aromatic carbocycles. The predicted octanol–water partition coefficient (Wildman–Crippen LogP) is 5.38. The third-order valence-corrected chi connectivity index (χ3v) is 6.84. The van der Waals surface area contributed by atoms with E-state index in [9.17, 15) is 10.1 Å². The van der Waals surface area contributed by atoms with Crippen molar-refractivity contribution >= 4 is 23.1 Å². The van der Waals surface area contributed by atoms with Crippen molar-refractivity contribution in [1.82, 2.24) is 9.38 Å². The van der Waals surface area contributed by atoms with Gasteiger partial charge in [0, 0.05) is 28.4 Å². The molecule has 1 aliphatic rings. The predicted molar refractivity (Wildman–Crippen MR) is 120 cm³/mol. The molecule has 3 aromatic rings. The van der Waals surface area contributed by atoms with Crippen molar-refractivity contribution in [1.29, 1.82) is 0 Å². The number of anilines is 1. The zero-order valence-corrected chi connectivity index (χ0v) is 18.2. The van der Waals surface area contributed by atoms with Crippen LogP contribution in [0.3, 0.4) is 0 Å². The summed E-state index contributed by atoms with van der Waals surface area (Å²) in [5.74, 6) is 1.68. The topological polar surface area (TPSA) is 92.8 Å². The van der Waals surface area contributed by atoms with E-state index in [0.717, 1.165) is 29.5 Å². The molecule has 1 saturated carbocycles. The van der Waals surface area contributed by atoms with Gasteiger partial charge in [0.2, 0.25) is 0 Å². The maximum Gasteiger partial charge on any atom is 0.259 e. The van der Waals surface area contributed by atoms with Crippen LogP contribution in [0.25, 0.3) is 16.8 Å². The molecule has 3 atom stereocenters. The van der Waals surface area contributed by atoms with E-state index in [4.69, 9.17) is 22.2 Å². The molecule has 0 saturated heterocycles. The van der Waals surface area contributed by atoms with Crippen LogP contribution < -0.4 is 11.3 Å². The van der Waals surface area contributed by atoms with Gasteiger partial charge in [-0.1, -0.05) is 44.5 Å². The fourth-order valence-corrected chi connectivity index (χ4v) is 5.62. The Morgan fingerprint density at radius 1 is 1.20 bits per heavy atom. The number of H-pyrrole nitrogens is 1. The first-order valence-electron chi connectivity index (χ1n) is 10.4. The van der Waals surface area contributed by atoms with E-state index < -0.39 is 6.10 Å². The van der Waals surface area contributed by atoms with Crippen LogP contribution in [-0.4, -0.2) is 14.6 Å². The number of nitrogens with one attached hydrogen (secondary N) is 1. The van der Waals surface area contributed by atoms with Gasteiger partial charge in [-0.2, -0.15) is 0 Å². The summed E-state index contributed by atoms with van der Waals surface area (Å²) < 4.78 is 1.53. The van der Waals surface area contributed by atoms with E-state index in [1.54, 1.807) is 6.20 Å². The number of aromatic amines is 1. The van der Waals surface area contributed by atoms with Crippen molar-refractivity contribution in [3.8, 4) is 11.1 Å². The summed E-state index contributed by atoms with van der Waals surface area (Å²) in [4.78, 5) is 20.9. The molecule has 0 radical (unpaired) electrons. The maximum absolute atomic E-state index is 12.6. The third-order valence-electron chi connectivity index (χ3n) is 6.59. The Kier molecular flexibility index (Phi) is 5.66. The average Bonchev–Trinajstić information content (AvgIpc) is 3.04. The maximum atomic E-state index is 12.6. The van der Waals surface area contributed by atoms with Crippen molar-refractivity contribution in [3.05, 3.63) is 57.5 Å². The van der Waals surface area contributed by atoms with E-state index in [1.807, 2.05) is 24.3 Å². The highest BCUT2D eigenvalue weighted by Crippen LogP contribution is 2.48. The molecule has 160 valence electrons. The van der Waals surface area contributed by atoms with Crippen LogP contribution in [0.4, 0.5) is 5.82 Å². The van der Waals surface area contributed by atoms with Gasteiger partial charge < -0.3 is 10.7 Å². The van der Waals surface area contributed by atoms with Gasteiger partial charge in [0.1, 0.15) is 17.6 Å². The van der Waals surface area contributed by atoms with Crippen molar-refractivity contribution in [3.63, 3.8) is 0 Å². The normalized spacial score (nSPS) is 25.5. The third kappa shape index (κ3) is 3.64. The summed E-state index contributed by atoms with van der Waals surface area (Å²) in [6, 6.07) is 8.77. The second-order valence-corrected chi connectivity index (χ2v) is 9.32. The monoisotopic (exact) mass is 429 g/mol. The zero-order valence-electron chi connectivity index (χ0n) is 17.4. The minimum absolute atomic E-state index is 0.0911. The largest absolute Gasteiger partial charge is 0.385 e. The van der Waals surface area contributed by atoms with E-state index in [1.165, 1.54) is 10.5 Å². The van der Waals surface area contributed by atoms with Gasteiger partial charge in [-0.15, -0.1) is 0 Å². The van der Waals surface area contributed by atoms with E-state index in [2.05, 4.69) is 25.8 Å². The van der Waals surface area contributed by atoms with Gasteiger partial charge in [0.15, 0.2) is 0 Å². The SMILES string of the molecule is CC1CC(C)C(C(OO)c2c(-c3ccc(Cl)cc3)cn3c(=O)cc(N)[nH]c23)C(C)C1. The molecule has 2 heterocycles. The Labute approximate surface area is 180 Å². The number of nitrogens with zero attached hydrogens (tertiary/aromatic N) is 1. The Morgan fingerprint density at radius 3 is 2.43 bits per heavy atom. The average molecular weight is 430 g/mol. The fraction of sp³-hybridized carbons (Fsp3) is 0.435. The molecule has 0 aliphatic heterocycles. The Morgan fingerprint density at radius 2 is 1.83 bits per heavy atom. The molecule has 30 heavy (non-hydrogen) atoms. The number of hydrogen-bond acceptors (Lipinski definition) is 4. The van der Waals surface area contributed by atoms with Crippen LogP contribution in [-0.2, 0) is 4.89 Å². The minimum Gasteiger partial charge on any atom is -0.385 e. The number of nitrogen functional groups attached to an aromatic ring is 1. The lowest BCUT2D eigenvalue weighted by atomic mass is 9.66. The van der Waals surface area contributed by atoms with Crippen LogP contribution >= 0.6 is 11.6 Å². The first kappa shape index (κ1) is 21.0. The minimum atomic E-state index is -0.601.